The number of pyridine rings is 1. The Balaban J connectivity index is 0.967. The number of aromatic amines is 2. The summed E-state index contributed by atoms with van der Waals surface area (Å²) in [6, 6.07) is 18.8. The van der Waals surface area contributed by atoms with Crippen molar-refractivity contribution in [2.75, 3.05) is 18.1 Å². The van der Waals surface area contributed by atoms with Gasteiger partial charge in [-0.05, 0) is 42.5 Å². The molecule has 0 atom stereocenters. The van der Waals surface area contributed by atoms with Crippen molar-refractivity contribution in [2.45, 2.75) is 16.9 Å². The molecule has 48 heavy (non-hydrogen) atoms. The number of carboxylic acids is 2. The molecule has 0 saturated carbocycles. The number of thioether (sulfide) groups is 2. The summed E-state index contributed by atoms with van der Waals surface area (Å²) in [4.78, 5) is 34.6. The zero-order chi connectivity index (χ0) is 33.0. The molecule has 0 amide bonds. The molecule has 0 unspecified atom stereocenters. The topological polar surface area (TPSA) is 211 Å². The Labute approximate surface area is 278 Å². The highest BCUT2D eigenvalue weighted by molar-refractivity contribution is 8.00. The molecule has 7 rings (SSSR count). The number of hydrogen-bond acceptors (Lipinski definition) is 12. The van der Waals surface area contributed by atoms with Crippen LogP contribution < -0.4 is 4.74 Å². The van der Waals surface area contributed by atoms with E-state index in [-0.39, 0.29) is 11.5 Å². The molecule has 1 aromatic carbocycles. The maximum absolute atomic E-state index is 10.8. The van der Waals surface area contributed by atoms with Crippen LogP contribution in [0.25, 0.3) is 56.7 Å². The molecule has 6 heterocycles. The maximum Gasteiger partial charge on any atom is 0.313 e. The highest BCUT2D eigenvalue weighted by Crippen LogP contribution is 2.33. The van der Waals surface area contributed by atoms with Crippen LogP contribution in [0.2, 0.25) is 0 Å². The van der Waals surface area contributed by atoms with Crippen LogP contribution in [0.1, 0.15) is 0 Å². The lowest BCUT2D eigenvalue weighted by atomic mass is 10.1. The second-order valence-electron chi connectivity index (χ2n) is 10.1. The van der Waals surface area contributed by atoms with E-state index in [0.717, 1.165) is 45.6 Å². The van der Waals surface area contributed by atoms with E-state index in [1.165, 1.54) is 0 Å². The first-order valence-corrected chi connectivity index (χ1v) is 16.3. The van der Waals surface area contributed by atoms with E-state index in [0.29, 0.717) is 64.0 Å². The van der Waals surface area contributed by atoms with Crippen molar-refractivity contribution >= 4 is 46.4 Å². The van der Waals surface area contributed by atoms with Gasteiger partial charge in [-0.2, -0.15) is 9.97 Å². The Bertz CT molecular complexity index is 2220. The van der Waals surface area contributed by atoms with Crippen LogP contribution in [-0.4, -0.2) is 80.2 Å². The van der Waals surface area contributed by atoms with E-state index in [2.05, 4.69) is 39.9 Å². The van der Waals surface area contributed by atoms with Gasteiger partial charge in [0.1, 0.15) is 18.1 Å². The molecule has 0 spiro atoms. The summed E-state index contributed by atoms with van der Waals surface area (Å²) in [6.45, 7) is 0.970. The van der Waals surface area contributed by atoms with E-state index in [4.69, 9.17) is 23.8 Å². The van der Waals surface area contributed by atoms with Gasteiger partial charge in [-0.25, -0.2) is 4.98 Å². The number of ether oxygens (including phenoxy) is 1. The van der Waals surface area contributed by atoms with Gasteiger partial charge < -0.3 is 28.4 Å². The van der Waals surface area contributed by atoms with Gasteiger partial charge in [-0.15, -0.1) is 10.2 Å². The number of H-pyrrole nitrogens is 2. The number of nitrogens with one attached hydrogen (secondary N) is 2. The predicted octanol–water partition coefficient (Wildman–Crippen LogP) is 5.56. The van der Waals surface area contributed by atoms with Crippen molar-refractivity contribution in [3.63, 3.8) is 0 Å². The fourth-order valence-electron chi connectivity index (χ4n) is 4.82. The summed E-state index contributed by atoms with van der Waals surface area (Å²) < 4.78 is 20.0. The van der Waals surface area contributed by atoms with E-state index in [9.17, 15) is 9.59 Å². The predicted molar refractivity (Wildman–Crippen MR) is 175 cm³/mol. The van der Waals surface area contributed by atoms with Gasteiger partial charge >= 0.3 is 11.9 Å². The molecule has 17 heteroatoms. The first-order chi connectivity index (χ1) is 23.4. The molecule has 15 nitrogen and oxygen atoms in total. The quantitative estimate of drug-likeness (QED) is 0.103. The summed E-state index contributed by atoms with van der Waals surface area (Å²) in [5, 5.41) is 33.0. The van der Waals surface area contributed by atoms with Crippen molar-refractivity contribution in [3.8, 4) is 51.7 Å². The standard InChI is InChI=1S/C31H24N8O7S2/c40-26(41)15-47-30-33-28(35-37-30)23-7-5-21(45-23)17-4-9-25(32-14-17)44-13-12-39-11-10-18-19(2-1-3-20(18)39)22-6-8-24(46-22)29-34-31(38-36-29)48-16-27(42)43/h1-11,14H,12-13,15-16H2,(H,40,41)(H,42,43)(H,33,35,37)(H,34,36,38). The van der Waals surface area contributed by atoms with Gasteiger partial charge in [0, 0.05) is 40.5 Å². The summed E-state index contributed by atoms with van der Waals surface area (Å²) in [7, 11) is 0. The van der Waals surface area contributed by atoms with E-state index >= 15 is 0 Å². The molecule has 0 aliphatic carbocycles. The molecule has 7 aromatic rings. The molecule has 6 aromatic heterocycles. The van der Waals surface area contributed by atoms with Crippen LogP contribution in [0.3, 0.4) is 0 Å². The van der Waals surface area contributed by atoms with Crippen molar-refractivity contribution in [1.29, 1.82) is 0 Å². The summed E-state index contributed by atoms with van der Waals surface area (Å²) in [5.74, 6) is 1.34. The third-order valence-corrected chi connectivity index (χ3v) is 8.60. The van der Waals surface area contributed by atoms with Gasteiger partial charge in [0.2, 0.25) is 16.2 Å². The van der Waals surface area contributed by atoms with Crippen molar-refractivity contribution in [3.05, 3.63) is 73.1 Å². The highest BCUT2D eigenvalue weighted by atomic mass is 32.2. The number of carbonyl (C=O) groups is 2. The van der Waals surface area contributed by atoms with Gasteiger partial charge in [0.05, 0.1) is 18.1 Å². The summed E-state index contributed by atoms with van der Waals surface area (Å²) in [6.07, 6.45) is 3.66. The number of fused-ring (bicyclic) bond motifs is 1. The molecule has 4 N–H and O–H groups in total. The zero-order valence-electron chi connectivity index (χ0n) is 24.7. The average molecular weight is 685 g/mol. The first kappa shape index (κ1) is 30.8. The van der Waals surface area contributed by atoms with Crippen LogP contribution in [0, 0.1) is 0 Å². The van der Waals surface area contributed by atoms with Crippen molar-refractivity contribution < 1.29 is 33.4 Å². The maximum atomic E-state index is 10.8. The third-order valence-electron chi connectivity index (χ3n) is 6.94. The number of nitrogens with zero attached hydrogens (tertiary/aromatic N) is 6. The second-order valence-corrected chi connectivity index (χ2v) is 12.0. The highest BCUT2D eigenvalue weighted by Gasteiger charge is 2.16. The minimum atomic E-state index is -0.947. The normalized spacial score (nSPS) is 11.3. The zero-order valence-corrected chi connectivity index (χ0v) is 26.3. The van der Waals surface area contributed by atoms with E-state index in [1.54, 1.807) is 30.5 Å². The van der Waals surface area contributed by atoms with E-state index < -0.39 is 11.9 Å². The number of benzene rings is 1. The largest absolute Gasteiger partial charge is 0.481 e. The average Bonchev–Trinajstić information content (AvgIpc) is 3.93. The van der Waals surface area contributed by atoms with E-state index in [1.807, 2.05) is 42.6 Å². The van der Waals surface area contributed by atoms with Gasteiger partial charge in [0.25, 0.3) is 0 Å². The minimum absolute atomic E-state index is 0.131. The summed E-state index contributed by atoms with van der Waals surface area (Å²) in [5.41, 5.74) is 2.68. The molecule has 0 radical (unpaired) electrons. The lowest BCUT2D eigenvalue weighted by Gasteiger charge is -2.09. The molecular formula is C31H24N8O7S2. The number of furan rings is 2. The van der Waals surface area contributed by atoms with Crippen LogP contribution in [-0.2, 0) is 16.1 Å². The molecule has 0 aliphatic rings. The Kier molecular flexibility index (Phi) is 8.67. The van der Waals surface area contributed by atoms with Crippen LogP contribution in [0.5, 0.6) is 5.88 Å². The Hall–Kier alpha value is -5.81. The molecule has 0 bridgehead atoms. The molecule has 0 fully saturated rings. The minimum Gasteiger partial charge on any atom is -0.481 e. The Morgan fingerprint density at radius 1 is 0.792 bits per heavy atom. The lowest BCUT2D eigenvalue weighted by Crippen LogP contribution is -2.07. The molecule has 0 aliphatic heterocycles. The smallest absolute Gasteiger partial charge is 0.313 e. The van der Waals surface area contributed by atoms with Gasteiger partial charge in [-0.1, -0.05) is 35.7 Å². The molecule has 0 saturated heterocycles. The van der Waals surface area contributed by atoms with Gasteiger partial charge in [0.15, 0.2) is 23.2 Å². The Morgan fingerprint density at radius 3 is 2.08 bits per heavy atom. The molecule has 242 valence electrons. The number of aliphatic carboxylic acids is 2. The van der Waals surface area contributed by atoms with Crippen LogP contribution >= 0.6 is 23.5 Å². The third kappa shape index (κ3) is 6.81. The number of aromatic nitrogens is 8. The second kappa shape index (κ2) is 13.5. The van der Waals surface area contributed by atoms with Gasteiger partial charge in [-0.3, -0.25) is 19.8 Å². The Morgan fingerprint density at radius 2 is 1.44 bits per heavy atom. The monoisotopic (exact) mass is 684 g/mol. The number of rotatable bonds is 14. The SMILES string of the molecule is O=C(O)CSc1n[nH]c(-c2ccc(-c3ccc(OCCn4ccc5c(-c6ccc(-c7nc(SCC(=O)O)n[nH]7)o6)cccc54)nc3)o2)n1. The number of hydrogen-bond donors (Lipinski definition) is 4. The first-order valence-electron chi connectivity index (χ1n) is 14.3. The summed E-state index contributed by atoms with van der Waals surface area (Å²) >= 11 is 2.04. The molecular weight excluding hydrogens is 661 g/mol. The van der Waals surface area contributed by atoms with Crippen molar-refractivity contribution in [1.82, 2.24) is 39.9 Å². The lowest BCUT2D eigenvalue weighted by molar-refractivity contribution is -0.134. The fourth-order valence-corrected chi connectivity index (χ4v) is 5.86. The van der Waals surface area contributed by atoms with Crippen LogP contribution in [0.4, 0.5) is 0 Å². The number of carboxylic acid groups (broad SMARTS) is 2. The van der Waals surface area contributed by atoms with Crippen LogP contribution in [0.15, 0.2) is 92.2 Å². The van der Waals surface area contributed by atoms with Crippen molar-refractivity contribution in [2.24, 2.45) is 0 Å². The fraction of sp³-hybridized carbons (Fsp3) is 0.129.